The fourth-order valence-corrected chi connectivity index (χ4v) is 3.81. The van der Waals surface area contributed by atoms with Crippen LogP contribution in [-0.2, 0) is 0 Å². The molecule has 0 aromatic carbocycles. The summed E-state index contributed by atoms with van der Waals surface area (Å²) in [5.74, 6) is 0.167. The molecule has 8 heteroatoms. The molecule has 0 amide bonds. The molecule has 1 aromatic rings. The molecular formula is C12H14F3N3OS. The van der Waals surface area contributed by atoms with Crippen molar-refractivity contribution in [3.05, 3.63) is 15.9 Å². The number of hydrogen-bond acceptors (Lipinski definition) is 3. The van der Waals surface area contributed by atoms with Gasteiger partial charge in [0.25, 0.3) is 5.56 Å². The zero-order valence-electron chi connectivity index (χ0n) is 10.8. The van der Waals surface area contributed by atoms with Gasteiger partial charge in [-0.2, -0.15) is 13.2 Å². The van der Waals surface area contributed by atoms with Crippen molar-refractivity contribution in [1.29, 1.82) is 0 Å². The van der Waals surface area contributed by atoms with Crippen molar-refractivity contribution in [2.24, 2.45) is 4.99 Å². The Morgan fingerprint density at radius 1 is 1.35 bits per heavy atom. The second-order valence-corrected chi connectivity index (χ2v) is 6.45. The Labute approximate surface area is 117 Å². The van der Waals surface area contributed by atoms with Crippen LogP contribution in [0.3, 0.4) is 0 Å². The maximum Gasteiger partial charge on any atom is 0.405 e. The minimum atomic E-state index is -4.45. The molecule has 3 rings (SSSR count). The minimum absolute atomic E-state index is 0.0555. The molecule has 1 fully saturated rings. The van der Waals surface area contributed by atoms with Gasteiger partial charge in [-0.1, -0.05) is 24.6 Å². The highest BCUT2D eigenvalue weighted by Crippen LogP contribution is 2.49. The second-order valence-electron chi connectivity index (χ2n) is 5.16. The van der Waals surface area contributed by atoms with Gasteiger partial charge in [0.05, 0.1) is 16.6 Å². The highest BCUT2D eigenvalue weighted by molar-refractivity contribution is 8.14. The summed E-state index contributed by atoms with van der Waals surface area (Å²) < 4.78 is 40.9. The van der Waals surface area contributed by atoms with Crippen LogP contribution < -0.4 is 5.56 Å². The summed E-state index contributed by atoms with van der Waals surface area (Å²) in [7, 11) is 0. The zero-order valence-corrected chi connectivity index (χ0v) is 11.6. The molecular weight excluding hydrogens is 291 g/mol. The van der Waals surface area contributed by atoms with Crippen molar-refractivity contribution < 1.29 is 13.2 Å². The molecule has 0 bridgehead atoms. The van der Waals surface area contributed by atoms with Crippen LogP contribution in [0.1, 0.15) is 49.5 Å². The SMILES string of the molecule is CC1=Nc2c(c(=O)[nH]n2C2CCCC2)[C@@H](C(F)(F)F)S1. The first-order valence-electron chi connectivity index (χ1n) is 6.51. The molecule has 0 unspecified atom stereocenters. The van der Waals surface area contributed by atoms with Crippen molar-refractivity contribution in [3.8, 4) is 0 Å². The molecule has 20 heavy (non-hydrogen) atoms. The Balaban J connectivity index is 2.14. The summed E-state index contributed by atoms with van der Waals surface area (Å²) in [4.78, 5) is 16.1. The lowest BCUT2D eigenvalue weighted by Crippen LogP contribution is -2.25. The van der Waals surface area contributed by atoms with Crippen LogP contribution in [-0.4, -0.2) is 21.0 Å². The predicted molar refractivity (Wildman–Crippen MR) is 71.7 cm³/mol. The third kappa shape index (κ3) is 2.19. The molecule has 1 aromatic heterocycles. The number of H-pyrrole nitrogens is 1. The molecule has 0 spiro atoms. The van der Waals surface area contributed by atoms with Gasteiger partial charge in [-0.15, -0.1) is 0 Å². The molecule has 0 saturated heterocycles. The maximum absolute atomic E-state index is 13.1. The van der Waals surface area contributed by atoms with E-state index in [0.717, 1.165) is 25.7 Å². The van der Waals surface area contributed by atoms with Gasteiger partial charge in [-0.3, -0.25) is 14.6 Å². The summed E-state index contributed by atoms with van der Waals surface area (Å²) in [6.07, 6.45) is -0.657. The van der Waals surface area contributed by atoms with E-state index in [2.05, 4.69) is 10.1 Å². The normalized spacial score (nSPS) is 23.8. The Bertz CT molecular complexity index is 610. The summed E-state index contributed by atoms with van der Waals surface area (Å²) in [5.41, 5.74) is -0.919. The van der Waals surface area contributed by atoms with Crippen molar-refractivity contribution >= 4 is 22.6 Å². The average Bonchev–Trinajstić information content (AvgIpc) is 2.95. The summed E-state index contributed by atoms with van der Waals surface area (Å²) in [6, 6.07) is 0.0555. The first-order valence-corrected chi connectivity index (χ1v) is 7.39. The van der Waals surface area contributed by atoms with Gasteiger partial charge in [0.1, 0.15) is 5.25 Å². The van der Waals surface area contributed by atoms with Gasteiger partial charge in [-0.25, -0.2) is 4.99 Å². The highest BCUT2D eigenvalue weighted by Gasteiger charge is 2.47. The van der Waals surface area contributed by atoms with E-state index in [-0.39, 0.29) is 17.4 Å². The second kappa shape index (κ2) is 4.68. The Kier molecular flexibility index (Phi) is 3.23. The molecule has 1 saturated carbocycles. The smallest absolute Gasteiger partial charge is 0.268 e. The number of thioether (sulfide) groups is 1. The van der Waals surface area contributed by atoms with Crippen molar-refractivity contribution in [2.75, 3.05) is 0 Å². The number of aromatic nitrogens is 2. The minimum Gasteiger partial charge on any atom is -0.268 e. The monoisotopic (exact) mass is 305 g/mol. The molecule has 1 aliphatic heterocycles. The summed E-state index contributed by atoms with van der Waals surface area (Å²) in [6.45, 7) is 1.54. The van der Waals surface area contributed by atoms with E-state index < -0.39 is 17.0 Å². The Hall–Kier alpha value is -1.18. The van der Waals surface area contributed by atoms with Gasteiger partial charge >= 0.3 is 6.18 Å². The lowest BCUT2D eigenvalue weighted by Gasteiger charge is -2.23. The lowest BCUT2D eigenvalue weighted by molar-refractivity contribution is -0.129. The number of fused-ring (bicyclic) bond motifs is 1. The van der Waals surface area contributed by atoms with E-state index in [4.69, 9.17) is 0 Å². The van der Waals surface area contributed by atoms with Crippen LogP contribution in [0.25, 0.3) is 0 Å². The van der Waals surface area contributed by atoms with Crippen molar-refractivity contribution in [3.63, 3.8) is 0 Å². The Morgan fingerprint density at radius 3 is 2.60 bits per heavy atom. The van der Waals surface area contributed by atoms with E-state index in [1.807, 2.05) is 0 Å². The fourth-order valence-electron chi connectivity index (χ4n) is 2.87. The zero-order chi connectivity index (χ0) is 14.5. The highest BCUT2D eigenvalue weighted by atomic mass is 32.2. The molecule has 1 atom stereocenters. The van der Waals surface area contributed by atoms with Crippen LogP contribution in [0, 0.1) is 0 Å². The quantitative estimate of drug-likeness (QED) is 0.860. The van der Waals surface area contributed by atoms with Crippen LogP contribution >= 0.6 is 11.8 Å². The van der Waals surface area contributed by atoms with E-state index in [9.17, 15) is 18.0 Å². The first-order chi connectivity index (χ1) is 9.38. The Morgan fingerprint density at radius 2 is 2.00 bits per heavy atom. The number of alkyl halides is 3. The topological polar surface area (TPSA) is 50.1 Å². The fraction of sp³-hybridized carbons (Fsp3) is 0.667. The number of halogens is 3. The number of nitrogens with zero attached hydrogens (tertiary/aromatic N) is 2. The summed E-state index contributed by atoms with van der Waals surface area (Å²) in [5, 5.41) is 1.08. The number of nitrogens with one attached hydrogen (secondary N) is 1. The maximum atomic E-state index is 13.1. The molecule has 1 aliphatic carbocycles. The van der Waals surface area contributed by atoms with Gasteiger partial charge in [0.15, 0.2) is 5.82 Å². The van der Waals surface area contributed by atoms with Crippen molar-refractivity contribution in [2.45, 2.75) is 50.1 Å². The van der Waals surface area contributed by atoms with E-state index in [1.54, 1.807) is 11.6 Å². The first kappa shape index (κ1) is 13.8. The van der Waals surface area contributed by atoms with Crippen LogP contribution in [0.4, 0.5) is 19.0 Å². The molecule has 0 radical (unpaired) electrons. The van der Waals surface area contributed by atoms with Gasteiger partial charge in [-0.05, 0) is 19.8 Å². The predicted octanol–water partition coefficient (Wildman–Crippen LogP) is 3.69. The number of hydrogen-bond donors (Lipinski definition) is 1. The van der Waals surface area contributed by atoms with Crippen LogP contribution in [0.15, 0.2) is 9.79 Å². The van der Waals surface area contributed by atoms with Gasteiger partial charge < -0.3 is 0 Å². The van der Waals surface area contributed by atoms with E-state index >= 15 is 0 Å². The van der Waals surface area contributed by atoms with Crippen LogP contribution in [0.2, 0.25) is 0 Å². The van der Waals surface area contributed by atoms with Crippen LogP contribution in [0.5, 0.6) is 0 Å². The van der Waals surface area contributed by atoms with E-state index in [1.165, 1.54) is 0 Å². The molecule has 4 nitrogen and oxygen atoms in total. The summed E-state index contributed by atoms with van der Waals surface area (Å²) >= 11 is 0.598. The van der Waals surface area contributed by atoms with Gasteiger partial charge in [0, 0.05) is 0 Å². The van der Waals surface area contributed by atoms with E-state index in [0.29, 0.717) is 16.8 Å². The van der Waals surface area contributed by atoms with Gasteiger partial charge in [0.2, 0.25) is 0 Å². The lowest BCUT2D eigenvalue weighted by atomic mass is 10.2. The largest absolute Gasteiger partial charge is 0.405 e. The van der Waals surface area contributed by atoms with Crippen molar-refractivity contribution in [1.82, 2.24) is 9.78 Å². The molecule has 2 heterocycles. The molecule has 1 N–H and O–H groups in total. The number of rotatable bonds is 1. The standard InChI is InChI=1S/C12H14F3N3OS/c1-6-16-10-8(9(20-6)12(13,14)15)11(19)17-18(10)7-4-2-3-5-7/h7,9H,2-5H2,1H3,(H,17,19)/t9-/m0/s1. The number of aromatic amines is 1. The third-order valence-electron chi connectivity index (χ3n) is 3.74. The third-order valence-corrected chi connectivity index (χ3v) is 4.91. The number of aliphatic imine (C=N–C) groups is 1. The molecule has 110 valence electrons. The average molecular weight is 305 g/mol. The molecule has 2 aliphatic rings.